The van der Waals surface area contributed by atoms with Gasteiger partial charge in [-0.25, -0.2) is 0 Å². The molecule has 4 heteroatoms. The Hall–Kier alpha value is -0.750. The van der Waals surface area contributed by atoms with Crippen molar-refractivity contribution < 1.29 is 14.2 Å². The highest BCUT2D eigenvalue weighted by molar-refractivity contribution is 14.1. The summed E-state index contributed by atoms with van der Waals surface area (Å²) in [6, 6.07) is 3.88. The fourth-order valence-electron chi connectivity index (χ4n) is 1.42. The molecule has 0 saturated carbocycles. The zero-order valence-corrected chi connectivity index (χ0v) is 12.3. The molecule has 0 atom stereocenters. The van der Waals surface area contributed by atoms with E-state index in [-0.39, 0.29) is 0 Å². The van der Waals surface area contributed by atoms with Gasteiger partial charge in [0.2, 0.25) is 0 Å². The van der Waals surface area contributed by atoms with Crippen molar-refractivity contribution in [3.63, 3.8) is 0 Å². The van der Waals surface area contributed by atoms with E-state index in [0.717, 1.165) is 20.6 Å². The Kier molecular flexibility index (Phi) is 6.36. The predicted octanol–water partition coefficient (Wildman–Crippen LogP) is 3.36. The van der Waals surface area contributed by atoms with E-state index >= 15 is 0 Å². The first-order valence-corrected chi connectivity index (χ1v) is 6.51. The van der Waals surface area contributed by atoms with Crippen molar-refractivity contribution in [3.05, 3.63) is 27.8 Å². The van der Waals surface area contributed by atoms with Crippen molar-refractivity contribution in [1.82, 2.24) is 0 Å². The average molecular weight is 348 g/mol. The molecule has 0 aliphatic rings. The van der Waals surface area contributed by atoms with Crippen LogP contribution in [0.4, 0.5) is 0 Å². The van der Waals surface area contributed by atoms with Crippen LogP contribution in [0.5, 0.6) is 11.5 Å². The van der Waals surface area contributed by atoms with Gasteiger partial charge in [-0.1, -0.05) is 12.7 Å². The van der Waals surface area contributed by atoms with Crippen molar-refractivity contribution in [3.8, 4) is 11.5 Å². The monoisotopic (exact) mass is 348 g/mol. The third-order valence-electron chi connectivity index (χ3n) is 2.20. The fourth-order valence-corrected chi connectivity index (χ4v) is 2.07. The van der Waals surface area contributed by atoms with Crippen LogP contribution in [0.25, 0.3) is 6.08 Å². The molecular formula is C13H17IO3. The van der Waals surface area contributed by atoms with Crippen molar-refractivity contribution in [2.24, 2.45) is 0 Å². The van der Waals surface area contributed by atoms with Crippen LogP contribution in [-0.2, 0) is 4.74 Å². The zero-order valence-electron chi connectivity index (χ0n) is 10.2. The Labute approximate surface area is 116 Å². The first-order valence-electron chi connectivity index (χ1n) is 5.44. The number of ether oxygens (including phenoxy) is 3. The Balaban J connectivity index is 2.81. The van der Waals surface area contributed by atoms with E-state index in [9.17, 15) is 0 Å². The Morgan fingerprint density at radius 3 is 2.71 bits per heavy atom. The van der Waals surface area contributed by atoms with Gasteiger partial charge in [0.25, 0.3) is 0 Å². The van der Waals surface area contributed by atoms with E-state index in [0.29, 0.717) is 19.8 Å². The Morgan fingerprint density at radius 1 is 1.35 bits per heavy atom. The topological polar surface area (TPSA) is 27.7 Å². The molecule has 0 aliphatic carbocycles. The molecule has 17 heavy (non-hydrogen) atoms. The molecule has 0 spiro atoms. The van der Waals surface area contributed by atoms with Gasteiger partial charge in [0.05, 0.1) is 13.7 Å². The predicted molar refractivity (Wildman–Crippen MR) is 77.8 cm³/mol. The second-order valence-electron chi connectivity index (χ2n) is 3.24. The average Bonchev–Trinajstić information content (AvgIpc) is 2.35. The lowest BCUT2D eigenvalue weighted by Gasteiger charge is -2.14. The van der Waals surface area contributed by atoms with E-state index in [4.69, 9.17) is 14.2 Å². The highest BCUT2D eigenvalue weighted by atomic mass is 127. The zero-order chi connectivity index (χ0) is 12.7. The Morgan fingerprint density at radius 2 is 2.12 bits per heavy atom. The second kappa shape index (κ2) is 7.55. The van der Waals surface area contributed by atoms with Crippen molar-refractivity contribution in [2.75, 3.05) is 26.9 Å². The summed E-state index contributed by atoms with van der Waals surface area (Å²) < 4.78 is 17.3. The van der Waals surface area contributed by atoms with Gasteiger partial charge in [0.1, 0.15) is 6.61 Å². The van der Waals surface area contributed by atoms with E-state index in [1.807, 2.05) is 19.1 Å². The van der Waals surface area contributed by atoms with Crippen molar-refractivity contribution >= 4 is 28.7 Å². The maximum Gasteiger partial charge on any atom is 0.168 e. The molecule has 1 rings (SSSR count). The summed E-state index contributed by atoms with van der Waals surface area (Å²) in [5, 5.41) is 0. The molecule has 3 nitrogen and oxygen atoms in total. The third kappa shape index (κ3) is 3.89. The van der Waals surface area contributed by atoms with Crippen molar-refractivity contribution in [2.45, 2.75) is 6.92 Å². The van der Waals surface area contributed by atoms with Crippen LogP contribution in [0.2, 0.25) is 0 Å². The van der Waals surface area contributed by atoms with Gasteiger partial charge in [-0.3, -0.25) is 0 Å². The molecule has 0 aromatic heterocycles. The first-order chi connectivity index (χ1) is 8.24. The summed E-state index contributed by atoms with van der Waals surface area (Å²) in [5.74, 6) is 1.45. The molecule has 0 bridgehead atoms. The SMILES string of the molecule is C=Cc1c(I)ccc(OCCOCC)c1OC. The van der Waals surface area contributed by atoms with Crippen LogP contribution in [-0.4, -0.2) is 26.9 Å². The molecule has 1 aromatic carbocycles. The summed E-state index contributed by atoms with van der Waals surface area (Å²) >= 11 is 2.25. The normalized spacial score (nSPS) is 10.1. The van der Waals surface area contributed by atoms with Crippen LogP contribution in [0.3, 0.4) is 0 Å². The van der Waals surface area contributed by atoms with Gasteiger partial charge < -0.3 is 14.2 Å². The number of hydrogen-bond acceptors (Lipinski definition) is 3. The molecule has 0 N–H and O–H groups in total. The summed E-state index contributed by atoms with van der Waals surface area (Å²) in [5.41, 5.74) is 0.960. The van der Waals surface area contributed by atoms with Crippen LogP contribution >= 0.6 is 22.6 Å². The minimum Gasteiger partial charge on any atom is -0.492 e. The van der Waals surface area contributed by atoms with Crippen LogP contribution in [0.15, 0.2) is 18.7 Å². The Bertz CT molecular complexity index is 377. The highest BCUT2D eigenvalue weighted by Crippen LogP contribution is 2.34. The van der Waals surface area contributed by atoms with Crippen LogP contribution in [0.1, 0.15) is 12.5 Å². The summed E-state index contributed by atoms with van der Waals surface area (Å²) in [6.07, 6.45) is 1.77. The molecule has 0 unspecified atom stereocenters. The standard InChI is InChI=1S/C13H17IO3/c1-4-10-11(14)6-7-12(13(10)15-3)17-9-8-16-5-2/h4,6-7H,1,5,8-9H2,2-3H3. The minimum atomic E-state index is 0.515. The fraction of sp³-hybridized carbons (Fsp3) is 0.385. The van der Waals surface area contributed by atoms with E-state index < -0.39 is 0 Å². The van der Waals surface area contributed by atoms with Gasteiger partial charge in [0, 0.05) is 15.7 Å². The first kappa shape index (κ1) is 14.3. The number of methoxy groups -OCH3 is 1. The van der Waals surface area contributed by atoms with Gasteiger partial charge in [0.15, 0.2) is 11.5 Å². The van der Waals surface area contributed by atoms with Crippen molar-refractivity contribution in [1.29, 1.82) is 0 Å². The quantitative estimate of drug-likeness (QED) is 0.559. The third-order valence-corrected chi connectivity index (χ3v) is 3.15. The van der Waals surface area contributed by atoms with Crippen LogP contribution < -0.4 is 9.47 Å². The molecule has 0 fully saturated rings. The van der Waals surface area contributed by atoms with E-state index in [1.165, 1.54) is 0 Å². The number of benzene rings is 1. The maximum atomic E-state index is 5.63. The minimum absolute atomic E-state index is 0.515. The lowest BCUT2D eigenvalue weighted by molar-refractivity contribution is 0.109. The molecule has 0 saturated heterocycles. The van der Waals surface area contributed by atoms with Gasteiger partial charge in [-0.05, 0) is 41.6 Å². The summed E-state index contributed by atoms with van der Waals surface area (Å²) in [4.78, 5) is 0. The largest absolute Gasteiger partial charge is 0.492 e. The number of hydrogen-bond donors (Lipinski definition) is 0. The van der Waals surface area contributed by atoms with Crippen LogP contribution in [0, 0.1) is 3.57 Å². The van der Waals surface area contributed by atoms with Gasteiger partial charge in [-0.2, -0.15) is 0 Å². The molecule has 0 heterocycles. The number of halogens is 1. The molecule has 0 aliphatic heterocycles. The smallest absolute Gasteiger partial charge is 0.168 e. The maximum absolute atomic E-state index is 5.63. The molecular weight excluding hydrogens is 331 g/mol. The summed E-state index contributed by atoms with van der Waals surface area (Å²) in [7, 11) is 1.63. The van der Waals surface area contributed by atoms with E-state index in [2.05, 4.69) is 29.2 Å². The van der Waals surface area contributed by atoms with Gasteiger partial charge in [-0.15, -0.1) is 0 Å². The molecule has 1 aromatic rings. The molecule has 0 radical (unpaired) electrons. The second-order valence-corrected chi connectivity index (χ2v) is 4.40. The van der Waals surface area contributed by atoms with Gasteiger partial charge >= 0.3 is 0 Å². The number of rotatable bonds is 7. The molecule has 0 amide bonds. The van der Waals surface area contributed by atoms with E-state index in [1.54, 1.807) is 13.2 Å². The lowest BCUT2D eigenvalue weighted by Crippen LogP contribution is -2.07. The highest BCUT2D eigenvalue weighted by Gasteiger charge is 2.11. The lowest BCUT2D eigenvalue weighted by atomic mass is 10.2. The molecule has 94 valence electrons. The summed E-state index contributed by atoms with van der Waals surface area (Å²) in [6.45, 7) is 7.54.